The molecule has 0 N–H and O–H groups in total. The molecule has 1 aliphatic rings. The van der Waals surface area contributed by atoms with Gasteiger partial charge in [-0.15, -0.1) is 0 Å². The minimum Gasteiger partial charge on any atom is -0.444 e. The van der Waals surface area contributed by atoms with Crippen LogP contribution in [0.15, 0.2) is 21.2 Å². The minimum atomic E-state index is -0.0573. The van der Waals surface area contributed by atoms with Crippen LogP contribution in [-0.4, -0.2) is 51.7 Å². The van der Waals surface area contributed by atoms with Gasteiger partial charge in [0.05, 0.1) is 5.69 Å². The Bertz CT molecular complexity index is 743. The summed E-state index contributed by atoms with van der Waals surface area (Å²) in [6.45, 7) is 5.87. The summed E-state index contributed by atoms with van der Waals surface area (Å²) in [4.78, 5) is 16.7. The van der Waals surface area contributed by atoms with Crippen LogP contribution in [0, 0.1) is 6.92 Å². The van der Waals surface area contributed by atoms with E-state index in [1.165, 1.54) is 0 Å². The van der Waals surface area contributed by atoms with Crippen molar-refractivity contribution >= 4 is 33.4 Å². The van der Waals surface area contributed by atoms with Crippen molar-refractivity contribution in [3.63, 3.8) is 0 Å². The van der Waals surface area contributed by atoms with Crippen LogP contribution in [-0.2, 0) is 13.6 Å². The first-order valence-corrected chi connectivity index (χ1v) is 9.07. The summed E-state index contributed by atoms with van der Waals surface area (Å²) in [6.07, 6.45) is 0.921. The third-order valence-corrected chi connectivity index (χ3v) is 5.21. The second-order valence-corrected chi connectivity index (χ2v) is 7.14. The monoisotopic (exact) mass is 414 g/mol. The van der Waals surface area contributed by atoms with Crippen LogP contribution in [0.5, 0.6) is 0 Å². The van der Waals surface area contributed by atoms with Crippen molar-refractivity contribution in [3.8, 4) is 0 Å². The zero-order chi connectivity index (χ0) is 17.3. The van der Waals surface area contributed by atoms with E-state index in [2.05, 4.69) is 25.9 Å². The highest BCUT2D eigenvalue weighted by Crippen LogP contribution is 2.22. The molecule has 0 spiro atoms. The fourth-order valence-electron chi connectivity index (χ4n) is 2.99. The third-order valence-electron chi connectivity index (χ3n) is 4.31. The smallest absolute Gasteiger partial charge is 0.289 e. The van der Waals surface area contributed by atoms with E-state index in [1.54, 1.807) is 16.8 Å². The molecule has 0 bridgehead atoms. The Hall–Kier alpha value is -1.31. The van der Waals surface area contributed by atoms with Crippen LogP contribution in [0.2, 0.25) is 5.15 Å². The molecule has 1 fully saturated rings. The van der Waals surface area contributed by atoms with E-state index in [0.717, 1.165) is 43.9 Å². The number of amides is 1. The molecule has 130 valence electrons. The van der Waals surface area contributed by atoms with Crippen LogP contribution in [0.25, 0.3) is 0 Å². The van der Waals surface area contributed by atoms with Crippen molar-refractivity contribution in [1.82, 2.24) is 19.6 Å². The lowest BCUT2D eigenvalue weighted by atomic mass is 10.2. The highest BCUT2D eigenvalue weighted by molar-refractivity contribution is 9.10. The number of hydrogen-bond donors (Lipinski definition) is 0. The summed E-state index contributed by atoms with van der Waals surface area (Å²) in [5.41, 5.74) is 2.02. The van der Waals surface area contributed by atoms with Gasteiger partial charge in [-0.05, 0) is 41.4 Å². The first-order valence-electron chi connectivity index (χ1n) is 7.90. The maximum Gasteiger partial charge on any atom is 0.289 e. The standard InChI is InChI=1S/C16H20BrClN4O2/c1-11-12(15(18)20(2)19-11)10-21-6-3-7-22(9-8-21)16(23)13-4-5-14(17)24-13/h4-5H,3,6-10H2,1-2H3. The van der Waals surface area contributed by atoms with Gasteiger partial charge in [-0.3, -0.25) is 14.4 Å². The fourth-order valence-corrected chi connectivity index (χ4v) is 3.54. The second kappa shape index (κ2) is 7.29. The summed E-state index contributed by atoms with van der Waals surface area (Å²) in [5.74, 6) is 0.319. The van der Waals surface area contributed by atoms with E-state index in [0.29, 0.717) is 22.1 Å². The lowest BCUT2D eigenvalue weighted by Crippen LogP contribution is -2.35. The molecule has 0 aliphatic carbocycles. The molecule has 8 heteroatoms. The molecule has 6 nitrogen and oxygen atoms in total. The van der Waals surface area contributed by atoms with E-state index in [4.69, 9.17) is 16.0 Å². The van der Waals surface area contributed by atoms with Gasteiger partial charge >= 0.3 is 0 Å². The molecular formula is C16H20BrClN4O2. The number of aromatic nitrogens is 2. The van der Waals surface area contributed by atoms with E-state index >= 15 is 0 Å². The van der Waals surface area contributed by atoms with Gasteiger partial charge < -0.3 is 9.32 Å². The lowest BCUT2D eigenvalue weighted by Gasteiger charge is -2.21. The summed E-state index contributed by atoms with van der Waals surface area (Å²) >= 11 is 9.56. The van der Waals surface area contributed by atoms with E-state index in [1.807, 2.05) is 18.9 Å². The van der Waals surface area contributed by atoms with Crippen LogP contribution in [0.4, 0.5) is 0 Å². The van der Waals surface area contributed by atoms with Crippen LogP contribution < -0.4 is 0 Å². The van der Waals surface area contributed by atoms with Gasteiger partial charge in [-0.2, -0.15) is 5.10 Å². The minimum absolute atomic E-state index is 0.0573. The zero-order valence-corrected chi connectivity index (χ0v) is 16.1. The Morgan fingerprint density at radius 2 is 2.12 bits per heavy atom. The normalized spacial score (nSPS) is 16.4. The van der Waals surface area contributed by atoms with Gasteiger partial charge in [0.2, 0.25) is 0 Å². The molecule has 0 atom stereocenters. The second-order valence-electron chi connectivity index (χ2n) is 6.00. The SMILES string of the molecule is Cc1nn(C)c(Cl)c1CN1CCCN(C(=O)c2ccc(Br)o2)CC1. The van der Waals surface area contributed by atoms with Crippen molar-refractivity contribution < 1.29 is 9.21 Å². The number of carbonyl (C=O) groups excluding carboxylic acids is 1. The predicted molar refractivity (Wildman–Crippen MR) is 95.2 cm³/mol. The molecule has 0 saturated carbocycles. The molecule has 2 aromatic heterocycles. The summed E-state index contributed by atoms with van der Waals surface area (Å²) in [5, 5.41) is 5.05. The molecule has 2 aromatic rings. The third kappa shape index (κ3) is 3.68. The number of furan rings is 1. The number of rotatable bonds is 3. The topological polar surface area (TPSA) is 54.5 Å². The first-order chi connectivity index (χ1) is 11.5. The molecular weight excluding hydrogens is 396 g/mol. The van der Waals surface area contributed by atoms with Crippen molar-refractivity contribution in [3.05, 3.63) is 39.0 Å². The summed E-state index contributed by atoms with van der Waals surface area (Å²) < 4.78 is 7.66. The average Bonchev–Trinajstić information content (AvgIpc) is 2.97. The Kier molecular flexibility index (Phi) is 5.32. The van der Waals surface area contributed by atoms with Crippen LogP contribution in [0.1, 0.15) is 28.2 Å². The average molecular weight is 416 g/mol. The Morgan fingerprint density at radius 1 is 1.33 bits per heavy atom. The van der Waals surface area contributed by atoms with Crippen molar-refractivity contribution in [2.24, 2.45) is 7.05 Å². The largest absolute Gasteiger partial charge is 0.444 e. The first kappa shape index (κ1) is 17.5. The van der Waals surface area contributed by atoms with E-state index in [-0.39, 0.29) is 5.91 Å². The van der Waals surface area contributed by atoms with Crippen molar-refractivity contribution in [2.75, 3.05) is 26.2 Å². The molecule has 3 rings (SSSR count). The Morgan fingerprint density at radius 3 is 2.75 bits per heavy atom. The zero-order valence-electron chi connectivity index (χ0n) is 13.8. The number of aryl methyl sites for hydroxylation is 2. The molecule has 1 saturated heterocycles. The molecule has 0 unspecified atom stereocenters. The van der Waals surface area contributed by atoms with Gasteiger partial charge in [-0.1, -0.05) is 11.6 Å². The Balaban J connectivity index is 1.64. The number of nitrogens with zero attached hydrogens (tertiary/aromatic N) is 4. The predicted octanol–water partition coefficient (Wildman–Crippen LogP) is 3.09. The maximum atomic E-state index is 12.5. The highest BCUT2D eigenvalue weighted by atomic mass is 79.9. The maximum absolute atomic E-state index is 12.5. The summed E-state index contributed by atoms with van der Waals surface area (Å²) in [6, 6.07) is 3.44. The summed E-state index contributed by atoms with van der Waals surface area (Å²) in [7, 11) is 1.85. The lowest BCUT2D eigenvalue weighted by molar-refractivity contribution is 0.0728. The van der Waals surface area contributed by atoms with Gasteiger partial charge in [0.1, 0.15) is 5.15 Å². The van der Waals surface area contributed by atoms with Crippen molar-refractivity contribution in [1.29, 1.82) is 0 Å². The van der Waals surface area contributed by atoms with Crippen LogP contribution in [0.3, 0.4) is 0 Å². The number of carbonyl (C=O) groups is 1. The number of hydrogen-bond acceptors (Lipinski definition) is 4. The molecule has 0 radical (unpaired) electrons. The molecule has 1 amide bonds. The molecule has 3 heterocycles. The van der Waals surface area contributed by atoms with Crippen LogP contribution >= 0.6 is 27.5 Å². The molecule has 0 aromatic carbocycles. The molecule has 1 aliphatic heterocycles. The van der Waals surface area contributed by atoms with E-state index < -0.39 is 0 Å². The molecule has 24 heavy (non-hydrogen) atoms. The highest BCUT2D eigenvalue weighted by Gasteiger charge is 2.23. The van der Waals surface area contributed by atoms with Crippen molar-refractivity contribution in [2.45, 2.75) is 19.9 Å². The number of halogens is 2. The van der Waals surface area contributed by atoms with Gasteiger partial charge in [-0.25, -0.2) is 0 Å². The quantitative estimate of drug-likeness (QED) is 0.773. The van der Waals surface area contributed by atoms with Gasteiger partial charge in [0.25, 0.3) is 5.91 Å². The fraction of sp³-hybridized carbons (Fsp3) is 0.500. The van der Waals surface area contributed by atoms with Gasteiger partial charge in [0, 0.05) is 45.3 Å². The van der Waals surface area contributed by atoms with E-state index in [9.17, 15) is 4.79 Å². The van der Waals surface area contributed by atoms with Gasteiger partial charge in [0.15, 0.2) is 10.4 Å². The Labute approximate surface area is 154 Å².